The zero-order chi connectivity index (χ0) is 22.5. The molecule has 2 aromatic heterocycles. The summed E-state index contributed by atoms with van der Waals surface area (Å²) in [6.45, 7) is 3.66. The fourth-order valence-corrected chi connectivity index (χ4v) is 5.18. The van der Waals surface area contributed by atoms with Crippen molar-refractivity contribution in [3.05, 3.63) is 81.4 Å². The minimum absolute atomic E-state index is 0.00506. The largest absolute Gasteiger partial charge is 0.459 e. The summed E-state index contributed by atoms with van der Waals surface area (Å²) < 4.78 is 10.5. The van der Waals surface area contributed by atoms with Crippen molar-refractivity contribution in [2.75, 3.05) is 33.4 Å². The van der Waals surface area contributed by atoms with E-state index in [-0.39, 0.29) is 30.2 Å². The number of hydrogen-bond acceptors (Lipinski definition) is 5. The van der Waals surface area contributed by atoms with Crippen molar-refractivity contribution in [2.45, 2.75) is 25.8 Å². The number of furan rings is 1. The lowest BCUT2D eigenvalue weighted by Gasteiger charge is -2.38. The van der Waals surface area contributed by atoms with E-state index in [1.165, 1.54) is 16.7 Å². The number of hydrogen-bond donors (Lipinski definition) is 0. The van der Waals surface area contributed by atoms with Crippen LogP contribution in [0, 0.1) is 6.92 Å². The van der Waals surface area contributed by atoms with Gasteiger partial charge in [-0.05, 0) is 60.0 Å². The van der Waals surface area contributed by atoms with Crippen LogP contribution >= 0.6 is 11.3 Å². The van der Waals surface area contributed by atoms with Gasteiger partial charge in [0.2, 0.25) is 5.91 Å². The highest BCUT2D eigenvalue weighted by molar-refractivity contribution is 7.10. The van der Waals surface area contributed by atoms with Crippen molar-refractivity contribution in [2.24, 2.45) is 0 Å². The maximum Gasteiger partial charge on any atom is 0.290 e. The first kappa shape index (κ1) is 22.3. The molecule has 0 bridgehead atoms. The van der Waals surface area contributed by atoms with Gasteiger partial charge in [-0.3, -0.25) is 9.59 Å². The average Bonchev–Trinajstić information content (AvgIpc) is 3.50. The smallest absolute Gasteiger partial charge is 0.290 e. The number of fused-ring (bicyclic) bond motifs is 1. The van der Waals surface area contributed by atoms with Gasteiger partial charge in [-0.15, -0.1) is 11.3 Å². The molecule has 1 aliphatic heterocycles. The number of ether oxygens (including phenoxy) is 1. The zero-order valence-corrected chi connectivity index (χ0v) is 19.3. The summed E-state index contributed by atoms with van der Waals surface area (Å²) in [4.78, 5) is 31.4. The van der Waals surface area contributed by atoms with Crippen LogP contribution in [0.2, 0.25) is 0 Å². The van der Waals surface area contributed by atoms with E-state index >= 15 is 0 Å². The van der Waals surface area contributed by atoms with Crippen molar-refractivity contribution in [3.8, 4) is 0 Å². The SMILES string of the molecule is COCCCN(CC(=O)N1CCc2sccc2C1c1ccccc1C)C(=O)c1ccco1. The third-order valence-electron chi connectivity index (χ3n) is 5.89. The number of methoxy groups -OCH3 is 1. The van der Waals surface area contributed by atoms with E-state index in [0.717, 1.165) is 17.5 Å². The summed E-state index contributed by atoms with van der Waals surface area (Å²) in [5.41, 5.74) is 3.47. The molecule has 0 spiro atoms. The van der Waals surface area contributed by atoms with Gasteiger partial charge >= 0.3 is 0 Å². The molecule has 1 unspecified atom stereocenters. The highest BCUT2D eigenvalue weighted by Crippen LogP contribution is 2.39. The number of amides is 2. The summed E-state index contributed by atoms with van der Waals surface area (Å²) in [5.74, 6) is -0.100. The predicted octanol–water partition coefficient (Wildman–Crippen LogP) is 4.30. The summed E-state index contributed by atoms with van der Waals surface area (Å²) in [6.07, 6.45) is 2.95. The zero-order valence-electron chi connectivity index (χ0n) is 18.5. The van der Waals surface area contributed by atoms with Crippen molar-refractivity contribution in [1.82, 2.24) is 9.80 Å². The lowest BCUT2D eigenvalue weighted by atomic mass is 9.90. The van der Waals surface area contributed by atoms with E-state index < -0.39 is 0 Å². The van der Waals surface area contributed by atoms with Crippen LogP contribution in [0.4, 0.5) is 0 Å². The molecule has 3 heterocycles. The standard InChI is InChI=1S/C25H28N2O4S/c1-18-7-3-4-8-19(18)24-20-11-16-32-22(20)10-13-27(24)23(28)17-26(12-6-14-30-2)25(29)21-9-5-15-31-21/h3-5,7-9,11,15-16,24H,6,10,12-14,17H2,1-2H3. The second kappa shape index (κ2) is 10.1. The van der Waals surface area contributed by atoms with Crippen LogP contribution in [0.5, 0.6) is 0 Å². The molecule has 1 atom stereocenters. The topological polar surface area (TPSA) is 63.0 Å². The molecule has 0 saturated heterocycles. The van der Waals surface area contributed by atoms with E-state index in [2.05, 4.69) is 30.5 Å². The Morgan fingerprint density at radius 3 is 2.78 bits per heavy atom. The Hall–Kier alpha value is -2.90. The summed E-state index contributed by atoms with van der Waals surface area (Å²) >= 11 is 1.75. The fourth-order valence-electron chi connectivity index (χ4n) is 4.28. The Bertz CT molecular complexity index is 1060. The van der Waals surface area contributed by atoms with Gasteiger partial charge < -0.3 is 19.0 Å². The number of benzene rings is 1. The Balaban J connectivity index is 1.60. The molecule has 1 aromatic carbocycles. The van der Waals surface area contributed by atoms with E-state index in [9.17, 15) is 9.59 Å². The van der Waals surface area contributed by atoms with Crippen molar-refractivity contribution in [3.63, 3.8) is 0 Å². The molecule has 3 aromatic rings. The van der Waals surface area contributed by atoms with Crippen molar-refractivity contribution in [1.29, 1.82) is 0 Å². The minimum atomic E-state index is -0.278. The van der Waals surface area contributed by atoms with Gasteiger partial charge in [0.05, 0.1) is 12.3 Å². The van der Waals surface area contributed by atoms with E-state index in [1.807, 2.05) is 17.0 Å². The summed E-state index contributed by atoms with van der Waals surface area (Å²) in [7, 11) is 1.63. The van der Waals surface area contributed by atoms with Crippen LogP contribution in [-0.4, -0.2) is 55.0 Å². The molecular formula is C25H28N2O4S. The van der Waals surface area contributed by atoms with Crippen LogP contribution in [0.1, 0.15) is 44.6 Å². The first-order valence-corrected chi connectivity index (χ1v) is 11.7. The summed E-state index contributed by atoms with van der Waals surface area (Å²) in [6, 6.07) is 13.5. The first-order chi connectivity index (χ1) is 15.6. The third-order valence-corrected chi connectivity index (χ3v) is 6.89. The number of thiophene rings is 1. The summed E-state index contributed by atoms with van der Waals surface area (Å²) in [5, 5.41) is 2.10. The Morgan fingerprint density at radius 2 is 2.03 bits per heavy atom. The molecule has 0 N–H and O–H groups in total. The van der Waals surface area contributed by atoms with Crippen molar-refractivity contribution >= 4 is 23.2 Å². The molecule has 6 nitrogen and oxygen atoms in total. The van der Waals surface area contributed by atoms with Gasteiger partial charge in [-0.25, -0.2) is 0 Å². The van der Waals surface area contributed by atoms with Crippen LogP contribution in [0.3, 0.4) is 0 Å². The first-order valence-electron chi connectivity index (χ1n) is 10.8. The molecule has 168 valence electrons. The molecule has 0 saturated carbocycles. The molecule has 1 aliphatic rings. The predicted molar refractivity (Wildman–Crippen MR) is 124 cm³/mol. The van der Waals surface area contributed by atoms with Gasteiger partial charge in [-0.2, -0.15) is 0 Å². The normalized spacial score (nSPS) is 15.4. The van der Waals surface area contributed by atoms with E-state index in [0.29, 0.717) is 26.1 Å². The second-order valence-electron chi connectivity index (χ2n) is 7.95. The highest BCUT2D eigenvalue weighted by Gasteiger charge is 2.34. The van der Waals surface area contributed by atoms with Gasteiger partial charge in [0.15, 0.2) is 5.76 Å². The van der Waals surface area contributed by atoms with Gasteiger partial charge in [0.25, 0.3) is 5.91 Å². The van der Waals surface area contributed by atoms with Crippen LogP contribution in [-0.2, 0) is 16.0 Å². The van der Waals surface area contributed by atoms with Gasteiger partial charge in [0, 0.05) is 31.7 Å². The molecular weight excluding hydrogens is 424 g/mol. The molecule has 2 amide bonds. The lowest BCUT2D eigenvalue weighted by Crippen LogP contribution is -2.47. The lowest BCUT2D eigenvalue weighted by molar-refractivity contribution is -0.134. The third kappa shape index (κ3) is 4.64. The molecule has 4 rings (SSSR count). The maximum absolute atomic E-state index is 13.6. The van der Waals surface area contributed by atoms with Gasteiger partial charge in [0.1, 0.15) is 6.54 Å². The van der Waals surface area contributed by atoms with Gasteiger partial charge in [-0.1, -0.05) is 24.3 Å². The van der Waals surface area contributed by atoms with Crippen molar-refractivity contribution < 1.29 is 18.7 Å². The minimum Gasteiger partial charge on any atom is -0.459 e. The molecule has 0 radical (unpaired) electrons. The van der Waals surface area contributed by atoms with Crippen LogP contribution in [0.25, 0.3) is 0 Å². The number of carbonyl (C=O) groups is 2. The van der Waals surface area contributed by atoms with E-state index in [4.69, 9.17) is 9.15 Å². The number of rotatable bonds is 8. The Labute approximate surface area is 192 Å². The van der Waals surface area contributed by atoms with E-state index in [1.54, 1.807) is 35.5 Å². The maximum atomic E-state index is 13.6. The molecule has 7 heteroatoms. The van der Waals surface area contributed by atoms with Crippen LogP contribution < -0.4 is 0 Å². The monoisotopic (exact) mass is 452 g/mol. The van der Waals surface area contributed by atoms with Crippen LogP contribution in [0.15, 0.2) is 58.5 Å². The Kier molecular flexibility index (Phi) is 7.07. The number of carbonyl (C=O) groups excluding carboxylic acids is 2. The fraction of sp³-hybridized carbons (Fsp3) is 0.360. The second-order valence-corrected chi connectivity index (χ2v) is 8.95. The number of aryl methyl sites for hydroxylation is 1. The quantitative estimate of drug-likeness (QED) is 0.478. The highest BCUT2D eigenvalue weighted by atomic mass is 32.1. The molecule has 32 heavy (non-hydrogen) atoms. The Morgan fingerprint density at radius 1 is 1.19 bits per heavy atom. The average molecular weight is 453 g/mol. The number of nitrogens with zero attached hydrogens (tertiary/aromatic N) is 2. The molecule has 0 aliphatic carbocycles. The molecule has 0 fully saturated rings.